The normalized spacial score (nSPS) is 16.4. The van der Waals surface area contributed by atoms with Crippen molar-refractivity contribution in [1.29, 1.82) is 0 Å². The number of aromatic nitrogens is 1. The monoisotopic (exact) mass is 226 g/mol. The predicted octanol–water partition coefficient (Wildman–Crippen LogP) is -0.131. The number of rotatable bonds is 4. The highest BCUT2D eigenvalue weighted by molar-refractivity contribution is 5.73. The van der Waals surface area contributed by atoms with Crippen LogP contribution in [-0.4, -0.2) is 32.3 Å². The molecule has 6 nitrogen and oxygen atoms in total. The zero-order valence-corrected chi connectivity index (χ0v) is 8.74. The van der Waals surface area contributed by atoms with Crippen LogP contribution in [-0.2, 0) is 4.79 Å². The molecule has 0 saturated heterocycles. The molecule has 0 spiro atoms. The van der Waals surface area contributed by atoms with Gasteiger partial charge in [-0.1, -0.05) is 6.92 Å². The Morgan fingerprint density at radius 3 is 2.56 bits per heavy atom. The predicted molar refractivity (Wildman–Crippen MR) is 55.6 cm³/mol. The minimum atomic E-state index is -1.18. The number of carbonyl (C=O) groups is 1. The number of aromatic hydroxyl groups is 1. The van der Waals surface area contributed by atoms with Crippen LogP contribution >= 0.6 is 0 Å². The van der Waals surface area contributed by atoms with Crippen LogP contribution < -0.4 is 5.73 Å². The van der Waals surface area contributed by atoms with Crippen molar-refractivity contribution < 1.29 is 20.1 Å². The lowest BCUT2D eigenvalue weighted by Gasteiger charge is -2.21. The Bertz CT molecular complexity index is 366. The smallest absolute Gasteiger partial charge is 0.320 e. The standard InChI is InChI=1S/C10H14N2O4/c1-5(8(11)10(15)16)9(14)7-3-2-6(13)4-12-7/h2-5,8-9,13-14H,11H2,1H3,(H,15,16)/t5-,8-,9-/m0/s1. The highest BCUT2D eigenvalue weighted by Gasteiger charge is 2.28. The van der Waals surface area contributed by atoms with Gasteiger partial charge in [0.25, 0.3) is 0 Å². The summed E-state index contributed by atoms with van der Waals surface area (Å²) in [7, 11) is 0. The van der Waals surface area contributed by atoms with Crippen LogP contribution in [0.3, 0.4) is 0 Å². The molecule has 6 heteroatoms. The van der Waals surface area contributed by atoms with Crippen LogP contribution in [0.15, 0.2) is 18.3 Å². The molecule has 5 N–H and O–H groups in total. The maximum Gasteiger partial charge on any atom is 0.320 e. The molecule has 3 atom stereocenters. The van der Waals surface area contributed by atoms with E-state index >= 15 is 0 Å². The van der Waals surface area contributed by atoms with Crippen LogP contribution in [0.5, 0.6) is 5.75 Å². The van der Waals surface area contributed by atoms with Crippen LogP contribution in [0.1, 0.15) is 18.7 Å². The minimum Gasteiger partial charge on any atom is -0.506 e. The summed E-state index contributed by atoms with van der Waals surface area (Å²) in [5.74, 6) is -1.87. The fraction of sp³-hybridized carbons (Fsp3) is 0.400. The molecule has 16 heavy (non-hydrogen) atoms. The first kappa shape index (κ1) is 12.4. The van der Waals surface area contributed by atoms with E-state index in [1.54, 1.807) is 0 Å². The topological polar surface area (TPSA) is 117 Å². The van der Waals surface area contributed by atoms with Crippen molar-refractivity contribution in [2.75, 3.05) is 0 Å². The lowest BCUT2D eigenvalue weighted by Crippen LogP contribution is -2.39. The van der Waals surface area contributed by atoms with E-state index in [1.807, 2.05) is 0 Å². The molecule has 0 radical (unpaired) electrons. The Kier molecular flexibility index (Phi) is 3.81. The summed E-state index contributed by atoms with van der Waals surface area (Å²) in [6, 6.07) is 1.63. The van der Waals surface area contributed by atoms with E-state index in [1.165, 1.54) is 25.3 Å². The molecule has 0 fully saturated rings. The van der Waals surface area contributed by atoms with Gasteiger partial charge in [0, 0.05) is 5.92 Å². The fourth-order valence-electron chi connectivity index (χ4n) is 1.26. The third-order valence-corrected chi connectivity index (χ3v) is 2.42. The molecular formula is C10H14N2O4. The maximum absolute atomic E-state index is 10.6. The summed E-state index contributed by atoms with van der Waals surface area (Å²) < 4.78 is 0. The molecule has 0 unspecified atom stereocenters. The van der Waals surface area contributed by atoms with Gasteiger partial charge in [0.05, 0.1) is 11.9 Å². The average molecular weight is 226 g/mol. The average Bonchev–Trinajstić information content (AvgIpc) is 2.27. The molecule has 1 aromatic rings. The van der Waals surface area contributed by atoms with Gasteiger partial charge in [-0.3, -0.25) is 9.78 Å². The van der Waals surface area contributed by atoms with Gasteiger partial charge >= 0.3 is 5.97 Å². The molecule has 88 valence electrons. The minimum absolute atomic E-state index is 0.0221. The molecule has 0 aliphatic carbocycles. The number of carboxylic acids is 1. The van der Waals surface area contributed by atoms with Crippen molar-refractivity contribution in [3.63, 3.8) is 0 Å². The summed E-state index contributed by atoms with van der Waals surface area (Å²) in [5.41, 5.74) is 5.67. The second-order valence-corrected chi connectivity index (χ2v) is 3.61. The molecule has 0 aliphatic heterocycles. The lowest BCUT2D eigenvalue weighted by molar-refractivity contribution is -0.141. The molecule has 0 amide bonds. The van der Waals surface area contributed by atoms with E-state index in [0.29, 0.717) is 0 Å². The van der Waals surface area contributed by atoms with E-state index < -0.39 is 24.0 Å². The van der Waals surface area contributed by atoms with Crippen LogP contribution in [0.4, 0.5) is 0 Å². The highest BCUT2D eigenvalue weighted by Crippen LogP contribution is 2.23. The van der Waals surface area contributed by atoms with Gasteiger partial charge in [0.1, 0.15) is 17.9 Å². The molecule has 1 heterocycles. The van der Waals surface area contributed by atoms with Gasteiger partial charge in [-0.2, -0.15) is 0 Å². The molecule has 0 aliphatic rings. The number of hydrogen-bond donors (Lipinski definition) is 4. The quantitative estimate of drug-likeness (QED) is 0.568. The number of aliphatic carboxylic acids is 1. The van der Waals surface area contributed by atoms with E-state index in [-0.39, 0.29) is 11.4 Å². The Morgan fingerprint density at radius 2 is 2.12 bits per heavy atom. The van der Waals surface area contributed by atoms with Crippen LogP contribution in [0.2, 0.25) is 0 Å². The van der Waals surface area contributed by atoms with Gasteiger partial charge in [-0.05, 0) is 12.1 Å². The first-order valence-electron chi connectivity index (χ1n) is 4.75. The van der Waals surface area contributed by atoms with E-state index in [2.05, 4.69) is 4.98 Å². The Balaban J connectivity index is 2.81. The number of hydrogen-bond acceptors (Lipinski definition) is 5. The lowest BCUT2D eigenvalue weighted by atomic mass is 9.94. The third-order valence-electron chi connectivity index (χ3n) is 2.42. The first-order chi connectivity index (χ1) is 7.43. The largest absolute Gasteiger partial charge is 0.506 e. The number of aliphatic hydroxyl groups excluding tert-OH is 1. The molecule has 0 aromatic carbocycles. The highest BCUT2D eigenvalue weighted by atomic mass is 16.4. The summed E-state index contributed by atoms with van der Waals surface area (Å²) in [6.07, 6.45) is 0.101. The van der Waals surface area contributed by atoms with Crippen molar-refractivity contribution in [2.24, 2.45) is 11.7 Å². The van der Waals surface area contributed by atoms with Crippen LogP contribution in [0, 0.1) is 5.92 Å². The maximum atomic E-state index is 10.6. The van der Waals surface area contributed by atoms with Crippen molar-refractivity contribution in [2.45, 2.75) is 19.1 Å². The van der Waals surface area contributed by atoms with E-state index in [9.17, 15) is 9.90 Å². The van der Waals surface area contributed by atoms with Gasteiger partial charge in [0.2, 0.25) is 0 Å². The zero-order valence-electron chi connectivity index (χ0n) is 8.74. The fourth-order valence-corrected chi connectivity index (χ4v) is 1.26. The van der Waals surface area contributed by atoms with Crippen molar-refractivity contribution >= 4 is 5.97 Å². The van der Waals surface area contributed by atoms with Crippen LogP contribution in [0.25, 0.3) is 0 Å². The summed E-state index contributed by atoms with van der Waals surface area (Å²) in [6.45, 7) is 1.53. The summed E-state index contributed by atoms with van der Waals surface area (Å²) >= 11 is 0. The van der Waals surface area contributed by atoms with Crippen molar-refractivity contribution in [1.82, 2.24) is 4.98 Å². The zero-order chi connectivity index (χ0) is 12.3. The van der Waals surface area contributed by atoms with E-state index in [0.717, 1.165) is 0 Å². The van der Waals surface area contributed by atoms with Gasteiger partial charge in [0.15, 0.2) is 0 Å². The third kappa shape index (κ3) is 2.68. The molecular weight excluding hydrogens is 212 g/mol. The Labute approximate surface area is 92.4 Å². The Morgan fingerprint density at radius 1 is 1.50 bits per heavy atom. The Hall–Kier alpha value is -1.66. The SMILES string of the molecule is C[C@@H]([C@H](N)C(=O)O)[C@H](O)c1ccc(O)cn1. The molecule has 1 rings (SSSR count). The van der Waals surface area contributed by atoms with Gasteiger partial charge in [-0.15, -0.1) is 0 Å². The summed E-state index contributed by atoms with van der Waals surface area (Å²) in [4.78, 5) is 14.4. The number of carboxylic acid groups (broad SMARTS) is 1. The molecule has 0 bridgehead atoms. The van der Waals surface area contributed by atoms with E-state index in [4.69, 9.17) is 15.9 Å². The second-order valence-electron chi connectivity index (χ2n) is 3.61. The second kappa shape index (κ2) is 4.91. The van der Waals surface area contributed by atoms with Gasteiger partial charge < -0.3 is 21.1 Å². The van der Waals surface area contributed by atoms with Crippen molar-refractivity contribution in [3.05, 3.63) is 24.0 Å². The first-order valence-corrected chi connectivity index (χ1v) is 4.75. The molecule has 0 saturated carbocycles. The van der Waals surface area contributed by atoms with Gasteiger partial charge in [-0.25, -0.2) is 0 Å². The molecule has 1 aromatic heterocycles. The number of nitrogens with zero attached hydrogens (tertiary/aromatic N) is 1. The number of pyridine rings is 1. The van der Waals surface area contributed by atoms with Crippen molar-refractivity contribution in [3.8, 4) is 5.75 Å². The number of nitrogens with two attached hydrogens (primary N) is 1. The summed E-state index contributed by atoms with van der Waals surface area (Å²) in [5, 5.41) is 27.5. The number of aliphatic hydroxyl groups is 1.